The molecule has 1 aromatic heterocycles. The highest BCUT2D eigenvalue weighted by molar-refractivity contribution is 7.80. The largest absolute Gasteiger partial charge is 0.482 e. The Hall–Kier alpha value is -2.59. The first kappa shape index (κ1) is 23.7. The molecule has 0 spiro atoms. The zero-order chi connectivity index (χ0) is 22.6. The molecule has 1 aliphatic rings. The van der Waals surface area contributed by atoms with E-state index in [0.29, 0.717) is 36.8 Å². The lowest BCUT2D eigenvalue weighted by Gasteiger charge is -2.35. The topological polar surface area (TPSA) is 76.8 Å². The van der Waals surface area contributed by atoms with Gasteiger partial charge < -0.3 is 4.74 Å². The third-order valence-electron chi connectivity index (χ3n) is 4.81. The van der Waals surface area contributed by atoms with Crippen molar-refractivity contribution >= 4 is 47.4 Å². The first-order chi connectivity index (χ1) is 14.3. The van der Waals surface area contributed by atoms with Crippen molar-refractivity contribution in [3.63, 3.8) is 0 Å². The predicted molar refractivity (Wildman–Crippen MR) is 122 cm³/mol. The Balaban J connectivity index is 2.59. The van der Waals surface area contributed by atoms with Gasteiger partial charge in [-0.3, -0.25) is 33.3 Å². The van der Waals surface area contributed by atoms with E-state index in [1.54, 1.807) is 18.4 Å². The van der Waals surface area contributed by atoms with Crippen LogP contribution in [0.2, 0.25) is 0 Å². The first-order valence-electron chi connectivity index (χ1n) is 9.76. The number of likely N-dealkylation sites (N-methyl/N-ethyl adjacent to an activating group) is 2. The van der Waals surface area contributed by atoms with Crippen molar-refractivity contribution in [2.24, 2.45) is 0 Å². The molecular weight excluding hydrogens is 424 g/mol. The Labute approximate surface area is 186 Å². The third-order valence-corrected chi connectivity index (χ3v) is 5.69. The number of amides is 2. The van der Waals surface area contributed by atoms with Crippen molar-refractivity contribution in [2.75, 3.05) is 20.2 Å². The molecule has 30 heavy (non-hydrogen) atoms. The molecule has 1 aliphatic heterocycles. The number of thiocarbonyl (C=S) groups is 1. The number of hydrogen-bond acceptors (Lipinski definition) is 6. The van der Waals surface area contributed by atoms with E-state index in [4.69, 9.17) is 29.2 Å². The molecule has 1 fully saturated rings. The van der Waals surface area contributed by atoms with E-state index in [1.165, 1.54) is 39.7 Å². The minimum atomic E-state index is -0.454. The second kappa shape index (κ2) is 9.94. The minimum absolute atomic E-state index is 0.0124. The van der Waals surface area contributed by atoms with E-state index < -0.39 is 11.8 Å². The quantitative estimate of drug-likeness (QED) is 0.361. The van der Waals surface area contributed by atoms with Gasteiger partial charge in [-0.15, -0.1) is 0 Å². The standard InChI is InChI=1S/C20H26N4O4S2/c1-6-21-15(25)13(16(26)22(7-2)19(21)29)11-10-12-14-17(27)23(8-3)20(30)24(9-4)18(14)28-5/h10-12H,6-9H2,1-5H3/b12-10+. The number of methoxy groups -OCH3 is 1. The van der Waals surface area contributed by atoms with Crippen molar-refractivity contribution in [2.45, 2.75) is 40.8 Å². The van der Waals surface area contributed by atoms with Gasteiger partial charge in [0.25, 0.3) is 17.4 Å². The molecule has 0 saturated carbocycles. The number of aromatic nitrogens is 2. The smallest absolute Gasteiger partial charge is 0.265 e. The number of rotatable bonds is 7. The van der Waals surface area contributed by atoms with E-state index in [9.17, 15) is 14.4 Å². The van der Waals surface area contributed by atoms with Crippen molar-refractivity contribution in [3.8, 4) is 5.88 Å². The van der Waals surface area contributed by atoms with Gasteiger partial charge in [0.2, 0.25) is 5.88 Å². The number of allylic oxidation sites excluding steroid dienone is 2. The van der Waals surface area contributed by atoms with E-state index in [2.05, 4.69) is 0 Å². The number of carbonyl (C=O) groups is 2. The van der Waals surface area contributed by atoms with Gasteiger partial charge in [-0.1, -0.05) is 6.08 Å². The molecular formula is C20H26N4O4S2. The number of carbonyl (C=O) groups excluding carboxylic acids is 2. The van der Waals surface area contributed by atoms with Crippen LogP contribution in [0.15, 0.2) is 22.5 Å². The zero-order valence-corrected chi connectivity index (χ0v) is 19.4. The summed E-state index contributed by atoms with van der Waals surface area (Å²) in [6.45, 7) is 8.96. The van der Waals surface area contributed by atoms with E-state index in [-0.39, 0.29) is 21.8 Å². The lowest BCUT2D eigenvalue weighted by atomic mass is 10.1. The summed E-state index contributed by atoms with van der Waals surface area (Å²) in [4.78, 5) is 41.0. The fraction of sp³-hybridized carbons (Fsp3) is 0.450. The lowest BCUT2D eigenvalue weighted by Crippen LogP contribution is -2.55. The molecule has 0 radical (unpaired) electrons. The summed E-state index contributed by atoms with van der Waals surface area (Å²) in [5, 5.41) is 0.202. The summed E-state index contributed by atoms with van der Waals surface area (Å²) in [6, 6.07) is 0. The van der Waals surface area contributed by atoms with Crippen LogP contribution < -0.4 is 10.3 Å². The van der Waals surface area contributed by atoms with E-state index in [0.717, 1.165) is 0 Å². The molecule has 1 aromatic rings. The van der Waals surface area contributed by atoms with Crippen LogP contribution >= 0.6 is 24.4 Å². The van der Waals surface area contributed by atoms with Crippen molar-refractivity contribution in [1.29, 1.82) is 0 Å². The van der Waals surface area contributed by atoms with Crippen LogP contribution in [0.1, 0.15) is 33.3 Å². The second-order valence-electron chi connectivity index (χ2n) is 6.32. The van der Waals surface area contributed by atoms with Crippen molar-refractivity contribution in [3.05, 3.63) is 38.4 Å². The van der Waals surface area contributed by atoms with Crippen LogP contribution in [0.5, 0.6) is 5.88 Å². The highest BCUT2D eigenvalue weighted by Gasteiger charge is 2.37. The molecule has 2 heterocycles. The third kappa shape index (κ3) is 4.01. The monoisotopic (exact) mass is 450 g/mol. The average molecular weight is 451 g/mol. The van der Waals surface area contributed by atoms with Gasteiger partial charge >= 0.3 is 0 Å². The molecule has 8 nitrogen and oxygen atoms in total. The molecule has 2 amide bonds. The van der Waals surface area contributed by atoms with Crippen LogP contribution in [-0.2, 0) is 22.7 Å². The van der Waals surface area contributed by atoms with Crippen LogP contribution in [0.25, 0.3) is 6.08 Å². The van der Waals surface area contributed by atoms with Gasteiger partial charge in [0.15, 0.2) is 9.88 Å². The highest BCUT2D eigenvalue weighted by atomic mass is 32.1. The highest BCUT2D eigenvalue weighted by Crippen LogP contribution is 2.20. The molecule has 162 valence electrons. The molecule has 0 aliphatic carbocycles. The Morgan fingerprint density at radius 3 is 1.83 bits per heavy atom. The normalized spacial score (nSPS) is 14.8. The average Bonchev–Trinajstić information content (AvgIpc) is 2.72. The number of ether oxygens (including phenoxy) is 1. The fourth-order valence-electron chi connectivity index (χ4n) is 3.26. The Kier molecular flexibility index (Phi) is 7.85. The van der Waals surface area contributed by atoms with Gasteiger partial charge in [-0.05, 0) is 64.3 Å². The summed E-state index contributed by atoms with van der Waals surface area (Å²) in [5.41, 5.74) is -0.0225. The van der Waals surface area contributed by atoms with Gasteiger partial charge in [0.1, 0.15) is 11.1 Å². The maximum atomic E-state index is 12.9. The Morgan fingerprint density at radius 2 is 1.40 bits per heavy atom. The summed E-state index contributed by atoms with van der Waals surface area (Å²) in [5.74, 6) is -0.576. The number of hydrogen-bond donors (Lipinski definition) is 0. The SMILES string of the molecule is CCN1C(=O)C(=C/C=C/c2c(OC)n(CC)c(=S)n(CC)c2=O)C(=O)N(CC)C1=S. The van der Waals surface area contributed by atoms with E-state index >= 15 is 0 Å². The molecule has 10 heteroatoms. The summed E-state index contributed by atoms with van der Waals surface area (Å²) in [7, 11) is 1.47. The van der Waals surface area contributed by atoms with Gasteiger partial charge in [0, 0.05) is 26.2 Å². The predicted octanol–water partition coefficient (Wildman–Crippen LogP) is 2.36. The van der Waals surface area contributed by atoms with Crippen LogP contribution in [0.4, 0.5) is 0 Å². The number of nitrogens with zero attached hydrogens (tertiary/aromatic N) is 4. The minimum Gasteiger partial charge on any atom is -0.482 e. The molecule has 0 bridgehead atoms. The first-order valence-corrected chi connectivity index (χ1v) is 10.6. The molecule has 0 N–H and O–H groups in total. The van der Waals surface area contributed by atoms with Crippen LogP contribution in [0.3, 0.4) is 0 Å². The van der Waals surface area contributed by atoms with Crippen molar-refractivity contribution < 1.29 is 14.3 Å². The lowest BCUT2D eigenvalue weighted by molar-refractivity contribution is -0.133. The maximum absolute atomic E-state index is 12.9. The van der Waals surface area contributed by atoms with Gasteiger partial charge in [0.05, 0.1) is 7.11 Å². The maximum Gasteiger partial charge on any atom is 0.265 e. The molecule has 0 atom stereocenters. The van der Waals surface area contributed by atoms with Crippen molar-refractivity contribution in [1.82, 2.24) is 18.9 Å². The van der Waals surface area contributed by atoms with Gasteiger partial charge in [-0.2, -0.15) is 0 Å². The fourth-order valence-corrected chi connectivity index (χ4v) is 4.11. The summed E-state index contributed by atoms with van der Waals surface area (Å²) < 4.78 is 9.01. The molecule has 0 unspecified atom stereocenters. The van der Waals surface area contributed by atoms with Gasteiger partial charge in [-0.25, -0.2) is 0 Å². The zero-order valence-electron chi connectivity index (χ0n) is 17.8. The second-order valence-corrected chi connectivity index (χ2v) is 7.05. The molecule has 0 aromatic carbocycles. The molecule has 2 rings (SSSR count). The van der Waals surface area contributed by atoms with E-state index in [1.807, 2.05) is 13.8 Å². The summed E-state index contributed by atoms with van der Waals surface area (Å²) >= 11 is 10.7. The Morgan fingerprint density at radius 1 is 0.867 bits per heavy atom. The van der Waals surface area contributed by atoms with Crippen LogP contribution in [-0.4, -0.2) is 56.1 Å². The summed E-state index contributed by atoms with van der Waals surface area (Å²) in [6.07, 6.45) is 4.44. The van der Waals surface area contributed by atoms with Crippen LogP contribution in [0, 0.1) is 4.77 Å². The molecule has 1 saturated heterocycles. The Bertz CT molecular complexity index is 1020.